The molecule has 0 aromatic heterocycles. The molecule has 0 fully saturated rings. The summed E-state index contributed by atoms with van der Waals surface area (Å²) in [6.45, 7) is 6.82. The van der Waals surface area contributed by atoms with E-state index in [0.29, 0.717) is 11.8 Å². The molecule has 38 heavy (non-hydrogen) atoms. The number of anilines is 1. The Morgan fingerprint density at radius 3 is 2.05 bits per heavy atom. The second-order valence-corrected chi connectivity index (χ2v) is 10.2. The maximum absolute atomic E-state index is 13.1. The Morgan fingerprint density at radius 2 is 1.45 bits per heavy atom. The van der Waals surface area contributed by atoms with Gasteiger partial charge in [-0.25, -0.2) is 0 Å². The van der Waals surface area contributed by atoms with Crippen molar-refractivity contribution in [3.63, 3.8) is 0 Å². The number of nitrogens with one attached hydrogen (secondary N) is 1. The third-order valence-corrected chi connectivity index (χ3v) is 7.44. The Bertz CT molecular complexity index is 1160. The van der Waals surface area contributed by atoms with Gasteiger partial charge in [0.25, 0.3) is 0 Å². The Labute approximate surface area is 230 Å². The van der Waals surface area contributed by atoms with Crippen molar-refractivity contribution in [3.05, 3.63) is 95.6 Å². The van der Waals surface area contributed by atoms with Gasteiger partial charge in [-0.05, 0) is 85.2 Å². The summed E-state index contributed by atoms with van der Waals surface area (Å²) in [4.78, 5) is 13.1. The summed E-state index contributed by atoms with van der Waals surface area (Å²) in [5.41, 5.74) is 4.28. The van der Waals surface area contributed by atoms with Gasteiger partial charge in [0.05, 0.1) is 7.11 Å². The topological polar surface area (TPSA) is 38.3 Å². The quantitative estimate of drug-likeness (QED) is 0.234. The summed E-state index contributed by atoms with van der Waals surface area (Å²) < 4.78 is 5.23. The van der Waals surface area contributed by atoms with Crippen molar-refractivity contribution in [3.8, 4) is 17.6 Å². The van der Waals surface area contributed by atoms with E-state index in [9.17, 15) is 4.79 Å². The molecule has 3 rings (SSSR count). The number of ether oxygens (including phenoxy) is 1. The molecule has 1 amide bonds. The molecule has 0 spiro atoms. The van der Waals surface area contributed by atoms with Gasteiger partial charge in [-0.2, -0.15) is 0 Å². The van der Waals surface area contributed by atoms with E-state index in [-0.39, 0.29) is 11.8 Å². The van der Waals surface area contributed by atoms with E-state index in [1.165, 1.54) is 5.56 Å². The molecule has 0 aliphatic carbocycles. The maximum atomic E-state index is 13.1. The van der Waals surface area contributed by atoms with Gasteiger partial charge < -0.3 is 10.1 Å². The van der Waals surface area contributed by atoms with Crippen LogP contribution in [0.5, 0.6) is 5.75 Å². The lowest BCUT2D eigenvalue weighted by atomic mass is 9.81. The van der Waals surface area contributed by atoms with Gasteiger partial charge >= 0.3 is 0 Å². The van der Waals surface area contributed by atoms with Gasteiger partial charge in [-0.1, -0.05) is 88.6 Å². The Balaban J connectivity index is 1.55. The molecule has 0 bridgehead atoms. The van der Waals surface area contributed by atoms with Crippen molar-refractivity contribution in [2.45, 2.75) is 71.6 Å². The monoisotopic (exact) mass is 509 g/mol. The lowest BCUT2D eigenvalue weighted by Gasteiger charge is -2.24. The summed E-state index contributed by atoms with van der Waals surface area (Å²) >= 11 is 0. The van der Waals surface area contributed by atoms with Gasteiger partial charge in [0.15, 0.2) is 0 Å². The van der Waals surface area contributed by atoms with Crippen molar-refractivity contribution in [2.24, 2.45) is 11.8 Å². The molecule has 3 aromatic carbocycles. The van der Waals surface area contributed by atoms with Crippen molar-refractivity contribution in [2.75, 3.05) is 12.4 Å². The highest BCUT2D eigenvalue weighted by atomic mass is 16.5. The zero-order chi connectivity index (χ0) is 27.2. The summed E-state index contributed by atoms with van der Waals surface area (Å²) in [5, 5.41) is 3.12. The van der Waals surface area contributed by atoms with E-state index < -0.39 is 0 Å². The van der Waals surface area contributed by atoms with Crippen molar-refractivity contribution in [1.29, 1.82) is 0 Å². The predicted octanol–water partition coefficient (Wildman–Crippen LogP) is 8.84. The average molecular weight is 510 g/mol. The van der Waals surface area contributed by atoms with Crippen molar-refractivity contribution in [1.82, 2.24) is 0 Å². The van der Waals surface area contributed by atoms with Crippen LogP contribution in [0.15, 0.2) is 78.9 Å². The first kappa shape index (κ1) is 29.1. The minimum atomic E-state index is 0.0480. The van der Waals surface area contributed by atoms with E-state index in [1.807, 2.05) is 54.6 Å². The lowest BCUT2D eigenvalue weighted by Crippen LogP contribution is -2.23. The number of rotatable bonds is 13. The van der Waals surface area contributed by atoms with Crippen LogP contribution in [0, 0.1) is 23.7 Å². The van der Waals surface area contributed by atoms with Crippen LogP contribution >= 0.6 is 0 Å². The molecular formula is C35H43NO2. The highest BCUT2D eigenvalue weighted by molar-refractivity contribution is 5.92. The third-order valence-electron chi connectivity index (χ3n) is 7.44. The number of carbonyl (C=O) groups excluding carboxylic acids is 1. The molecule has 0 aliphatic heterocycles. The van der Waals surface area contributed by atoms with Gasteiger partial charge in [-0.15, -0.1) is 0 Å². The zero-order valence-electron chi connectivity index (χ0n) is 23.5. The molecule has 3 aromatic rings. The number of hydrogen-bond donors (Lipinski definition) is 1. The number of benzene rings is 3. The summed E-state index contributed by atoms with van der Waals surface area (Å²) in [5.74, 6) is 8.55. The highest BCUT2D eigenvalue weighted by Crippen LogP contribution is 2.32. The fourth-order valence-electron chi connectivity index (χ4n) is 5.11. The second kappa shape index (κ2) is 15.7. The zero-order valence-corrected chi connectivity index (χ0v) is 23.5. The first-order valence-corrected chi connectivity index (χ1v) is 14.2. The van der Waals surface area contributed by atoms with Crippen LogP contribution in [0.3, 0.4) is 0 Å². The molecule has 3 heteroatoms. The van der Waals surface area contributed by atoms with Crippen LogP contribution in [-0.4, -0.2) is 13.0 Å². The predicted molar refractivity (Wildman–Crippen MR) is 160 cm³/mol. The lowest BCUT2D eigenvalue weighted by molar-refractivity contribution is -0.120. The maximum Gasteiger partial charge on any atom is 0.227 e. The molecule has 0 aliphatic rings. The molecule has 2 unspecified atom stereocenters. The number of methoxy groups -OCH3 is 1. The van der Waals surface area contributed by atoms with E-state index in [2.05, 4.69) is 62.2 Å². The van der Waals surface area contributed by atoms with Crippen LogP contribution in [-0.2, 0) is 4.79 Å². The Morgan fingerprint density at radius 1 is 0.816 bits per heavy atom. The van der Waals surface area contributed by atoms with Crippen LogP contribution in [0.2, 0.25) is 0 Å². The standard InChI is InChI=1S/C35H43NO2/c1-5-7-15-31(35(37)36-32-23-25-33(38-4)26-24-32)16-11-12-27(3)34(6-2)30-21-19-29(20-22-30)18-17-28-13-9-8-10-14-28/h8-10,13-14,19-27,31,34H,5-7,11-12,15-16H2,1-4H3,(H,36,37)/t27?,31?,34-/m0/s1. The fraction of sp³-hybridized carbons (Fsp3) is 0.400. The number of amides is 1. The molecule has 0 saturated heterocycles. The van der Waals surface area contributed by atoms with Gasteiger partial charge in [0.1, 0.15) is 5.75 Å². The van der Waals surface area contributed by atoms with Crippen LogP contribution in [0.25, 0.3) is 0 Å². The third kappa shape index (κ3) is 9.10. The van der Waals surface area contributed by atoms with Crippen LogP contribution < -0.4 is 10.1 Å². The van der Waals surface area contributed by atoms with E-state index >= 15 is 0 Å². The molecule has 0 saturated carbocycles. The van der Waals surface area contributed by atoms with Gasteiger partial charge in [0, 0.05) is 22.7 Å². The first-order chi connectivity index (χ1) is 18.5. The SMILES string of the molecule is CCCCC(CCCC(C)[C@H](CC)c1ccc(C#Cc2ccccc2)cc1)C(=O)Nc1ccc(OC)cc1. The van der Waals surface area contributed by atoms with Gasteiger partial charge in [-0.3, -0.25) is 4.79 Å². The summed E-state index contributed by atoms with van der Waals surface area (Å²) in [7, 11) is 1.65. The average Bonchev–Trinajstić information content (AvgIpc) is 2.95. The Hall–Kier alpha value is -3.51. The summed E-state index contributed by atoms with van der Waals surface area (Å²) in [6, 6.07) is 26.4. The van der Waals surface area contributed by atoms with Crippen molar-refractivity contribution < 1.29 is 9.53 Å². The minimum absolute atomic E-state index is 0.0480. The fourth-order valence-corrected chi connectivity index (χ4v) is 5.11. The van der Waals surface area contributed by atoms with Crippen LogP contribution in [0.4, 0.5) is 5.69 Å². The van der Waals surface area contributed by atoms with E-state index in [0.717, 1.165) is 67.5 Å². The minimum Gasteiger partial charge on any atom is -0.497 e. The molecule has 3 atom stereocenters. The Kier molecular flexibility index (Phi) is 12.0. The highest BCUT2D eigenvalue weighted by Gasteiger charge is 2.21. The molecule has 0 radical (unpaired) electrons. The van der Waals surface area contributed by atoms with Crippen molar-refractivity contribution >= 4 is 11.6 Å². The van der Waals surface area contributed by atoms with Gasteiger partial charge in [0.2, 0.25) is 5.91 Å². The largest absolute Gasteiger partial charge is 0.497 e. The van der Waals surface area contributed by atoms with E-state index in [1.54, 1.807) is 7.11 Å². The summed E-state index contributed by atoms with van der Waals surface area (Å²) in [6.07, 6.45) is 7.33. The molecule has 1 N–H and O–H groups in total. The number of carbonyl (C=O) groups is 1. The normalized spacial score (nSPS) is 13.1. The molecule has 200 valence electrons. The molecule has 0 heterocycles. The smallest absolute Gasteiger partial charge is 0.227 e. The molecule has 3 nitrogen and oxygen atoms in total. The number of hydrogen-bond acceptors (Lipinski definition) is 2. The van der Waals surface area contributed by atoms with E-state index in [4.69, 9.17) is 4.74 Å². The number of unbranched alkanes of at least 4 members (excludes halogenated alkanes) is 1. The molecular weight excluding hydrogens is 466 g/mol. The first-order valence-electron chi connectivity index (χ1n) is 14.2. The second-order valence-electron chi connectivity index (χ2n) is 10.2. The van der Waals surface area contributed by atoms with Crippen LogP contribution in [0.1, 0.15) is 88.3 Å².